The van der Waals surface area contributed by atoms with E-state index in [9.17, 15) is 34.8 Å². The first kappa shape index (κ1) is 24.6. The molecule has 0 aromatic heterocycles. The number of fused-ring (bicyclic) bond motifs is 3. The molecule has 4 atom stereocenters. The van der Waals surface area contributed by atoms with E-state index in [1.807, 2.05) is 6.92 Å². The van der Waals surface area contributed by atoms with Gasteiger partial charge in [0.1, 0.15) is 22.8 Å². The van der Waals surface area contributed by atoms with E-state index in [0.717, 1.165) is 6.42 Å². The summed E-state index contributed by atoms with van der Waals surface area (Å²) in [5.74, 6) is -1.58. The van der Waals surface area contributed by atoms with Crippen LogP contribution < -0.4 is 5.73 Å². The Morgan fingerprint density at radius 3 is 2.51 bits per heavy atom. The zero-order valence-corrected chi connectivity index (χ0v) is 19.9. The van der Waals surface area contributed by atoms with Gasteiger partial charge in [0.15, 0.2) is 11.4 Å². The third-order valence-corrected chi connectivity index (χ3v) is 7.45. The minimum absolute atomic E-state index is 0.0563. The van der Waals surface area contributed by atoms with Crippen LogP contribution in [0.1, 0.15) is 56.7 Å². The molecule has 4 rings (SSSR count). The highest BCUT2D eigenvalue weighted by molar-refractivity contribution is 6.23. The van der Waals surface area contributed by atoms with Gasteiger partial charge in [-0.05, 0) is 48.8 Å². The Hall–Kier alpha value is -3.57. The zero-order valence-electron chi connectivity index (χ0n) is 19.9. The van der Waals surface area contributed by atoms with Crippen molar-refractivity contribution in [2.75, 3.05) is 0 Å². The van der Waals surface area contributed by atoms with Crippen LogP contribution in [-0.4, -0.2) is 43.5 Å². The van der Waals surface area contributed by atoms with Gasteiger partial charge in [0.25, 0.3) is 5.91 Å². The number of ketones is 2. The fourth-order valence-electron chi connectivity index (χ4n) is 5.88. The molecule has 3 aliphatic carbocycles. The topological polar surface area (TPSA) is 158 Å². The van der Waals surface area contributed by atoms with Crippen LogP contribution >= 0.6 is 0 Å². The van der Waals surface area contributed by atoms with Gasteiger partial charge >= 0.3 is 0 Å². The van der Waals surface area contributed by atoms with E-state index in [-0.39, 0.29) is 35.6 Å². The highest BCUT2D eigenvalue weighted by atomic mass is 16.3. The number of aliphatic hydroxyl groups excluding tert-OH is 2. The number of primary amides is 1. The number of phenolic OH excluding ortho intramolecular Hbond substituents is 1. The molecule has 1 fully saturated rings. The SMILES string of the molecule is CCCC#Cc1ccc(O)c2c1C[C@H]1C[C@H]3[C@H](C(C)C)C(=O)C(C(N)=O)=C(O)[C@@]3(O)C(=O)C1=C2O. The van der Waals surface area contributed by atoms with Gasteiger partial charge in [0, 0.05) is 29.4 Å². The molecule has 0 heterocycles. The lowest BCUT2D eigenvalue weighted by Gasteiger charge is -2.50. The lowest BCUT2D eigenvalue weighted by molar-refractivity contribution is -0.155. The van der Waals surface area contributed by atoms with Gasteiger partial charge in [-0.15, -0.1) is 0 Å². The molecule has 0 saturated heterocycles. The molecule has 0 spiro atoms. The number of benzene rings is 1. The van der Waals surface area contributed by atoms with Crippen molar-refractivity contribution in [3.63, 3.8) is 0 Å². The lowest BCUT2D eigenvalue weighted by atomic mass is 9.54. The summed E-state index contributed by atoms with van der Waals surface area (Å²) in [5.41, 5.74) is 3.05. The minimum atomic E-state index is -2.60. The monoisotopic (exact) mass is 479 g/mol. The number of hydrogen-bond acceptors (Lipinski definition) is 7. The molecule has 0 bridgehead atoms. The second-order valence-electron chi connectivity index (χ2n) is 9.86. The number of aliphatic hydroxyl groups is 3. The predicted octanol–water partition coefficient (Wildman–Crippen LogP) is 2.46. The molecule has 3 aliphatic rings. The van der Waals surface area contributed by atoms with E-state index >= 15 is 0 Å². The predicted molar refractivity (Wildman–Crippen MR) is 127 cm³/mol. The standard InChI is InChI=1S/C27H29NO7/c1-4-5-6-7-13-8-9-17(29)20-15(13)10-14-11-16-18(12(2)3)22(30)21(26(28)34)25(33)27(16,35)24(32)19(14)23(20)31/h8-9,12,14,16,18,29,31,33,35H,4-5,10-11H2,1-3H3,(H2,28,34)/t14-,16-,18-,27-/m0/s1. The number of aromatic hydroxyl groups is 1. The number of unbranched alkanes of at least 4 members (excludes halogenated alkanes) is 1. The molecule has 1 amide bonds. The van der Waals surface area contributed by atoms with Crippen molar-refractivity contribution in [2.24, 2.45) is 29.4 Å². The van der Waals surface area contributed by atoms with Crippen LogP contribution in [0.3, 0.4) is 0 Å². The van der Waals surface area contributed by atoms with Gasteiger partial charge in [-0.2, -0.15) is 0 Å². The van der Waals surface area contributed by atoms with Gasteiger partial charge in [0.2, 0.25) is 5.78 Å². The Morgan fingerprint density at radius 1 is 1.23 bits per heavy atom. The first-order chi connectivity index (χ1) is 16.5. The van der Waals surface area contributed by atoms with Crippen LogP contribution in [0.4, 0.5) is 0 Å². The maximum absolute atomic E-state index is 13.8. The van der Waals surface area contributed by atoms with E-state index in [2.05, 4.69) is 11.8 Å². The molecule has 0 unspecified atom stereocenters. The highest BCUT2D eigenvalue weighted by Gasteiger charge is 2.64. The summed E-state index contributed by atoms with van der Waals surface area (Å²) >= 11 is 0. The van der Waals surface area contributed by atoms with Crippen LogP contribution in [0, 0.1) is 35.5 Å². The fourth-order valence-corrected chi connectivity index (χ4v) is 5.88. The van der Waals surface area contributed by atoms with Crippen LogP contribution in [0.15, 0.2) is 29.0 Å². The van der Waals surface area contributed by atoms with Crippen molar-refractivity contribution in [2.45, 2.75) is 52.1 Å². The molecule has 1 saturated carbocycles. The molecule has 0 aliphatic heterocycles. The average molecular weight is 480 g/mol. The molecular formula is C27H29NO7. The number of amides is 1. The molecule has 8 nitrogen and oxygen atoms in total. The summed E-state index contributed by atoms with van der Waals surface area (Å²) in [4.78, 5) is 38.9. The second kappa shape index (κ2) is 8.58. The van der Waals surface area contributed by atoms with Gasteiger partial charge < -0.3 is 26.2 Å². The number of phenols is 1. The number of Topliss-reactive ketones (excluding diaryl/α,β-unsaturated/α-hetero) is 2. The Labute approximate surface area is 203 Å². The summed E-state index contributed by atoms with van der Waals surface area (Å²) in [5, 5.41) is 44.2. The number of nitrogens with two attached hydrogens (primary N) is 1. The third-order valence-electron chi connectivity index (χ3n) is 7.45. The van der Waals surface area contributed by atoms with Crippen molar-refractivity contribution in [3.05, 3.63) is 45.7 Å². The van der Waals surface area contributed by atoms with Crippen molar-refractivity contribution in [1.29, 1.82) is 0 Å². The third kappa shape index (κ3) is 3.45. The van der Waals surface area contributed by atoms with Crippen LogP contribution in [-0.2, 0) is 20.8 Å². The Morgan fingerprint density at radius 2 is 1.91 bits per heavy atom. The average Bonchev–Trinajstić information content (AvgIpc) is 2.77. The van der Waals surface area contributed by atoms with E-state index in [0.29, 0.717) is 17.5 Å². The molecule has 1 aromatic carbocycles. The summed E-state index contributed by atoms with van der Waals surface area (Å²) in [6.45, 7) is 5.46. The highest BCUT2D eigenvalue weighted by Crippen LogP contribution is 2.54. The molecule has 8 heteroatoms. The minimum Gasteiger partial charge on any atom is -0.508 e. The molecule has 35 heavy (non-hydrogen) atoms. The zero-order chi connectivity index (χ0) is 25.8. The van der Waals surface area contributed by atoms with Crippen LogP contribution in [0.25, 0.3) is 5.76 Å². The summed E-state index contributed by atoms with van der Waals surface area (Å²) in [6, 6.07) is 3.04. The molecule has 6 N–H and O–H groups in total. The number of hydrogen-bond donors (Lipinski definition) is 5. The number of carbonyl (C=O) groups excluding carboxylic acids is 3. The van der Waals surface area contributed by atoms with E-state index in [1.54, 1.807) is 19.9 Å². The van der Waals surface area contributed by atoms with Crippen molar-refractivity contribution < 1.29 is 34.8 Å². The first-order valence-corrected chi connectivity index (χ1v) is 11.8. The van der Waals surface area contributed by atoms with E-state index in [4.69, 9.17) is 5.73 Å². The summed E-state index contributed by atoms with van der Waals surface area (Å²) in [6.07, 6.45) is 1.87. The summed E-state index contributed by atoms with van der Waals surface area (Å²) < 4.78 is 0. The Balaban J connectivity index is 1.95. The number of carbonyl (C=O) groups is 3. The first-order valence-electron chi connectivity index (χ1n) is 11.8. The number of rotatable bonds is 3. The van der Waals surface area contributed by atoms with Crippen LogP contribution in [0.5, 0.6) is 5.75 Å². The summed E-state index contributed by atoms with van der Waals surface area (Å²) in [7, 11) is 0. The van der Waals surface area contributed by atoms with Crippen molar-refractivity contribution in [3.8, 4) is 17.6 Å². The van der Waals surface area contributed by atoms with Crippen molar-refractivity contribution >= 4 is 23.2 Å². The van der Waals surface area contributed by atoms with E-state index in [1.165, 1.54) is 6.07 Å². The normalized spacial score (nSPS) is 27.7. The second-order valence-corrected chi connectivity index (χ2v) is 9.86. The van der Waals surface area contributed by atoms with Crippen molar-refractivity contribution in [1.82, 2.24) is 0 Å². The van der Waals surface area contributed by atoms with Gasteiger partial charge in [-0.3, -0.25) is 14.4 Å². The van der Waals surface area contributed by atoms with Gasteiger partial charge in [-0.25, -0.2) is 0 Å². The maximum Gasteiger partial charge on any atom is 0.255 e. The van der Waals surface area contributed by atoms with Gasteiger partial charge in [-0.1, -0.05) is 32.6 Å². The van der Waals surface area contributed by atoms with Crippen LogP contribution in [0.2, 0.25) is 0 Å². The molecule has 184 valence electrons. The fraction of sp³-hybridized carbons (Fsp3) is 0.444. The molecule has 0 radical (unpaired) electrons. The van der Waals surface area contributed by atoms with E-state index < -0.39 is 57.9 Å². The smallest absolute Gasteiger partial charge is 0.255 e. The Bertz CT molecular complexity index is 1280. The maximum atomic E-state index is 13.8. The van der Waals surface area contributed by atoms with Gasteiger partial charge in [0.05, 0.1) is 5.56 Å². The lowest BCUT2D eigenvalue weighted by Crippen LogP contribution is -2.62. The molecular weight excluding hydrogens is 450 g/mol. The Kier molecular flexibility index (Phi) is 6.02. The largest absolute Gasteiger partial charge is 0.508 e. The quantitative estimate of drug-likeness (QED) is 0.329. The molecule has 1 aromatic rings.